The SMILES string of the molecule is CC(C)CNC(=O)COC(=O)c1cccc(OCc2ccccc2)c1. The molecule has 0 aliphatic heterocycles. The summed E-state index contributed by atoms with van der Waals surface area (Å²) in [5.74, 6) is 0.0593. The summed E-state index contributed by atoms with van der Waals surface area (Å²) in [5.41, 5.74) is 1.39. The highest BCUT2D eigenvalue weighted by Gasteiger charge is 2.11. The van der Waals surface area contributed by atoms with E-state index >= 15 is 0 Å². The van der Waals surface area contributed by atoms with Crippen LogP contribution in [0.15, 0.2) is 54.6 Å². The molecule has 2 aromatic carbocycles. The predicted molar refractivity (Wildman–Crippen MR) is 95.3 cm³/mol. The van der Waals surface area contributed by atoms with Crippen molar-refractivity contribution < 1.29 is 19.1 Å². The summed E-state index contributed by atoms with van der Waals surface area (Å²) in [6.45, 7) is 4.66. The molecule has 0 saturated carbocycles. The fourth-order valence-corrected chi connectivity index (χ4v) is 2.04. The van der Waals surface area contributed by atoms with Crippen LogP contribution in [0, 0.1) is 5.92 Å². The molecule has 0 heterocycles. The second kappa shape index (κ2) is 9.47. The van der Waals surface area contributed by atoms with E-state index in [0.717, 1.165) is 5.56 Å². The van der Waals surface area contributed by atoms with Crippen LogP contribution in [-0.4, -0.2) is 25.0 Å². The van der Waals surface area contributed by atoms with Crippen molar-refractivity contribution in [2.24, 2.45) is 5.92 Å². The second-order valence-corrected chi connectivity index (χ2v) is 6.08. The van der Waals surface area contributed by atoms with Crippen molar-refractivity contribution in [3.63, 3.8) is 0 Å². The van der Waals surface area contributed by atoms with Gasteiger partial charge in [-0.05, 0) is 29.7 Å². The van der Waals surface area contributed by atoms with Gasteiger partial charge in [0.2, 0.25) is 0 Å². The van der Waals surface area contributed by atoms with Gasteiger partial charge in [-0.15, -0.1) is 0 Å². The van der Waals surface area contributed by atoms with Gasteiger partial charge in [0.25, 0.3) is 5.91 Å². The first-order valence-electron chi connectivity index (χ1n) is 8.25. The highest BCUT2D eigenvalue weighted by Crippen LogP contribution is 2.16. The number of carbonyl (C=O) groups is 2. The molecule has 2 rings (SSSR count). The quantitative estimate of drug-likeness (QED) is 0.749. The number of hydrogen-bond donors (Lipinski definition) is 1. The fraction of sp³-hybridized carbons (Fsp3) is 0.300. The Bertz CT molecular complexity index is 698. The maximum Gasteiger partial charge on any atom is 0.338 e. The van der Waals surface area contributed by atoms with Crippen LogP contribution in [0.3, 0.4) is 0 Å². The van der Waals surface area contributed by atoms with Crippen LogP contribution >= 0.6 is 0 Å². The Morgan fingerprint density at radius 2 is 1.80 bits per heavy atom. The fourth-order valence-electron chi connectivity index (χ4n) is 2.04. The maximum atomic E-state index is 12.1. The average molecular weight is 341 g/mol. The average Bonchev–Trinajstić information content (AvgIpc) is 2.63. The first kappa shape index (κ1) is 18.5. The molecule has 1 N–H and O–H groups in total. The minimum Gasteiger partial charge on any atom is -0.489 e. The van der Waals surface area contributed by atoms with Crippen molar-refractivity contribution in [1.82, 2.24) is 5.32 Å². The lowest BCUT2D eigenvalue weighted by molar-refractivity contribution is -0.124. The number of benzene rings is 2. The number of nitrogens with one attached hydrogen (secondary N) is 1. The number of amides is 1. The summed E-state index contributed by atoms with van der Waals surface area (Å²) in [6.07, 6.45) is 0. The Morgan fingerprint density at radius 1 is 1.04 bits per heavy atom. The van der Waals surface area contributed by atoms with Gasteiger partial charge in [0.05, 0.1) is 5.56 Å². The lowest BCUT2D eigenvalue weighted by Crippen LogP contribution is -2.31. The van der Waals surface area contributed by atoms with Crippen LogP contribution < -0.4 is 10.1 Å². The molecule has 2 aromatic rings. The smallest absolute Gasteiger partial charge is 0.338 e. The molecular weight excluding hydrogens is 318 g/mol. The van der Waals surface area contributed by atoms with Crippen molar-refractivity contribution >= 4 is 11.9 Å². The predicted octanol–water partition coefficient (Wildman–Crippen LogP) is 3.19. The molecule has 132 valence electrons. The number of hydrogen-bond acceptors (Lipinski definition) is 4. The van der Waals surface area contributed by atoms with E-state index in [-0.39, 0.29) is 12.5 Å². The zero-order valence-electron chi connectivity index (χ0n) is 14.5. The summed E-state index contributed by atoms with van der Waals surface area (Å²) in [4.78, 5) is 23.7. The summed E-state index contributed by atoms with van der Waals surface area (Å²) in [6, 6.07) is 16.5. The normalized spacial score (nSPS) is 10.4. The molecule has 0 saturated heterocycles. The van der Waals surface area contributed by atoms with Crippen molar-refractivity contribution in [2.45, 2.75) is 20.5 Å². The third kappa shape index (κ3) is 6.67. The summed E-state index contributed by atoms with van der Waals surface area (Å²) in [7, 11) is 0. The molecular formula is C20H23NO4. The van der Waals surface area contributed by atoms with Gasteiger partial charge in [0.1, 0.15) is 12.4 Å². The van der Waals surface area contributed by atoms with E-state index in [1.807, 2.05) is 44.2 Å². The molecule has 0 aliphatic rings. The molecule has 0 spiro atoms. The largest absolute Gasteiger partial charge is 0.489 e. The van der Waals surface area contributed by atoms with E-state index in [0.29, 0.717) is 30.4 Å². The van der Waals surface area contributed by atoms with Crippen LogP contribution in [0.1, 0.15) is 29.8 Å². The Kier molecular flexibility index (Phi) is 7.01. The second-order valence-electron chi connectivity index (χ2n) is 6.08. The summed E-state index contributed by atoms with van der Waals surface area (Å²) >= 11 is 0. The van der Waals surface area contributed by atoms with E-state index in [4.69, 9.17) is 9.47 Å². The summed E-state index contributed by atoms with van der Waals surface area (Å²) < 4.78 is 10.7. The standard InChI is InChI=1S/C20H23NO4/c1-15(2)12-21-19(22)14-25-20(23)17-9-6-10-18(11-17)24-13-16-7-4-3-5-8-16/h3-11,15H,12-14H2,1-2H3,(H,21,22). The molecule has 0 aliphatic carbocycles. The Morgan fingerprint density at radius 3 is 2.52 bits per heavy atom. The lowest BCUT2D eigenvalue weighted by Gasteiger charge is -2.09. The van der Waals surface area contributed by atoms with Gasteiger partial charge in [-0.2, -0.15) is 0 Å². The van der Waals surface area contributed by atoms with E-state index in [1.165, 1.54) is 0 Å². The molecule has 0 unspecified atom stereocenters. The van der Waals surface area contributed by atoms with Crippen LogP contribution in [0.2, 0.25) is 0 Å². The van der Waals surface area contributed by atoms with Gasteiger partial charge < -0.3 is 14.8 Å². The topological polar surface area (TPSA) is 64.6 Å². The van der Waals surface area contributed by atoms with Crippen molar-refractivity contribution in [2.75, 3.05) is 13.2 Å². The third-order valence-electron chi connectivity index (χ3n) is 3.36. The first-order chi connectivity index (χ1) is 12.0. The molecule has 5 nitrogen and oxygen atoms in total. The van der Waals surface area contributed by atoms with Gasteiger partial charge in [-0.25, -0.2) is 4.79 Å². The first-order valence-corrected chi connectivity index (χ1v) is 8.25. The molecule has 0 aromatic heterocycles. The molecule has 0 bridgehead atoms. The Balaban J connectivity index is 1.85. The van der Waals surface area contributed by atoms with Crippen LogP contribution in [0.4, 0.5) is 0 Å². The molecule has 0 fully saturated rings. The number of carbonyl (C=O) groups excluding carboxylic acids is 2. The Hall–Kier alpha value is -2.82. The zero-order chi connectivity index (χ0) is 18.1. The van der Waals surface area contributed by atoms with Gasteiger partial charge in [0.15, 0.2) is 6.61 Å². The zero-order valence-corrected chi connectivity index (χ0v) is 14.5. The number of rotatable bonds is 8. The van der Waals surface area contributed by atoms with Gasteiger partial charge in [0, 0.05) is 6.54 Å². The van der Waals surface area contributed by atoms with E-state index < -0.39 is 5.97 Å². The molecule has 0 radical (unpaired) electrons. The highest BCUT2D eigenvalue weighted by atomic mass is 16.5. The van der Waals surface area contributed by atoms with Crippen molar-refractivity contribution in [3.8, 4) is 5.75 Å². The molecule has 25 heavy (non-hydrogen) atoms. The van der Waals surface area contributed by atoms with Crippen LogP contribution in [0.5, 0.6) is 5.75 Å². The number of ether oxygens (including phenoxy) is 2. The van der Waals surface area contributed by atoms with Crippen LogP contribution in [0.25, 0.3) is 0 Å². The maximum absolute atomic E-state index is 12.1. The molecule has 1 amide bonds. The Labute approximate surface area is 148 Å². The molecule has 0 atom stereocenters. The lowest BCUT2D eigenvalue weighted by atomic mass is 10.2. The van der Waals surface area contributed by atoms with Crippen LogP contribution in [-0.2, 0) is 16.1 Å². The van der Waals surface area contributed by atoms with Gasteiger partial charge in [-0.3, -0.25) is 4.79 Å². The minimum absolute atomic E-state index is 0.291. The molecule has 5 heteroatoms. The highest BCUT2D eigenvalue weighted by molar-refractivity contribution is 5.91. The monoisotopic (exact) mass is 341 g/mol. The third-order valence-corrected chi connectivity index (χ3v) is 3.36. The minimum atomic E-state index is -0.551. The van der Waals surface area contributed by atoms with E-state index in [9.17, 15) is 9.59 Å². The van der Waals surface area contributed by atoms with E-state index in [2.05, 4.69) is 5.32 Å². The number of esters is 1. The van der Waals surface area contributed by atoms with Gasteiger partial charge in [-0.1, -0.05) is 50.2 Å². The van der Waals surface area contributed by atoms with Crippen molar-refractivity contribution in [3.05, 3.63) is 65.7 Å². The van der Waals surface area contributed by atoms with Gasteiger partial charge >= 0.3 is 5.97 Å². The summed E-state index contributed by atoms with van der Waals surface area (Å²) in [5, 5.41) is 2.70. The van der Waals surface area contributed by atoms with E-state index in [1.54, 1.807) is 24.3 Å². The van der Waals surface area contributed by atoms with Crippen molar-refractivity contribution in [1.29, 1.82) is 0 Å².